The zero-order valence-corrected chi connectivity index (χ0v) is 17.6. The van der Waals surface area contributed by atoms with Crippen molar-refractivity contribution in [3.8, 4) is 11.4 Å². The van der Waals surface area contributed by atoms with Gasteiger partial charge in [-0.05, 0) is 31.7 Å². The molecule has 0 aliphatic heterocycles. The number of thioether (sulfide) groups is 1. The number of amides is 3. The van der Waals surface area contributed by atoms with E-state index in [1.807, 2.05) is 17.6 Å². The van der Waals surface area contributed by atoms with Crippen molar-refractivity contribution in [1.82, 2.24) is 25.4 Å². The summed E-state index contributed by atoms with van der Waals surface area (Å²) >= 11 is 1.23. The summed E-state index contributed by atoms with van der Waals surface area (Å²) in [5, 5.41) is 14.3. The van der Waals surface area contributed by atoms with E-state index in [4.69, 9.17) is 4.42 Å². The third-order valence-corrected chi connectivity index (χ3v) is 6.11. The number of imide groups is 1. The first-order valence-electron chi connectivity index (χ1n) is 9.81. The molecule has 2 unspecified atom stereocenters. The predicted octanol–water partition coefficient (Wildman–Crippen LogP) is 3.53. The molecule has 3 rings (SSSR count). The van der Waals surface area contributed by atoms with Crippen LogP contribution in [0.5, 0.6) is 0 Å². The molecule has 156 valence electrons. The van der Waals surface area contributed by atoms with E-state index in [9.17, 15) is 9.59 Å². The molecular weight excluding hydrogens is 390 g/mol. The number of aryl methyl sites for hydroxylation is 1. The van der Waals surface area contributed by atoms with Gasteiger partial charge in [-0.2, -0.15) is 0 Å². The van der Waals surface area contributed by atoms with E-state index in [1.165, 1.54) is 18.2 Å². The molecule has 0 spiro atoms. The van der Waals surface area contributed by atoms with Gasteiger partial charge in [-0.25, -0.2) is 4.79 Å². The Bertz CT molecular complexity index is 875. The first-order valence-corrected chi connectivity index (χ1v) is 10.8. The van der Waals surface area contributed by atoms with E-state index in [0.717, 1.165) is 30.6 Å². The van der Waals surface area contributed by atoms with Crippen LogP contribution in [-0.2, 0) is 11.3 Å². The Hall–Kier alpha value is -2.55. The minimum atomic E-state index is -0.434. The van der Waals surface area contributed by atoms with Crippen molar-refractivity contribution in [3.05, 3.63) is 30.7 Å². The van der Waals surface area contributed by atoms with Crippen molar-refractivity contribution in [2.24, 2.45) is 5.92 Å². The predicted molar refractivity (Wildman–Crippen MR) is 111 cm³/mol. The second kappa shape index (κ2) is 9.78. The lowest BCUT2D eigenvalue weighted by Crippen LogP contribution is -2.48. The van der Waals surface area contributed by atoms with Gasteiger partial charge in [0.1, 0.15) is 5.76 Å². The van der Waals surface area contributed by atoms with Crippen LogP contribution in [0, 0.1) is 12.8 Å². The highest BCUT2D eigenvalue weighted by molar-refractivity contribution is 7.99. The van der Waals surface area contributed by atoms with Crippen molar-refractivity contribution in [1.29, 1.82) is 0 Å². The molecular formula is C20H27N5O3S. The third kappa shape index (κ3) is 5.29. The minimum absolute atomic E-state index is 0.0628. The van der Waals surface area contributed by atoms with E-state index < -0.39 is 6.03 Å². The molecule has 2 N–H and O–H groups in total. The Morgan fingerprint density at radius 2 is 2.17 bits per heavy atom. The van der Waals surface area contributed by atoms with Gasteiger partial charge in [0.25, 0.3) is 0 Å². The fourth-order valence-corrected chi connectivity index (χ4v) is 4.28. The Morgan fingerprint density at radius 1 is 1.38 bits per heavy atom. The molecule has 3 amide bonds. The Kier molecular flexibility index (Phi) is 7.13. The molecule has 0 aromatic carbocycles. The zero-order valence-electron chi connectivity index (χ0n) is 16.8. The Labute approximate surface area is 174 Å². The number of nitrogens with one attached hydrogen (secondary N) is 2. The van der Waals surface area contributed by atoms with Crippen LogP contribution in [0.25, 0.3) is 11.4 Å². The zero-order chi connectivity index (χ0) is 20.8. The van der Waals surface area contributed by atoms with Crippen molar-refractivity contribution >= 4 is 23.7 Å². The molecule has 2 heterocycles. The third-order valence-electron chi connectivity index (χ3n) is 5.14. The molecule has 1 aliphatic carbocycles. The highest BCUT2D eigenvalue weighted by Gasteiger charge is 2.23. The molecule has 1 fully saturated rings. The number of allylic oxidation sites excluding steroid dienone is 1. The van der Waals surface area contributed by atoms with E-state index in [-0.39, 0.29) is 17.7 Å². The molecule has 1 aliphatic rings. The van der Waals surface area contributed by atoms with E-state index >= 15 is 0 Å². The normalized spacial score (nSPS) is 19.0. The second-order valence-corrected chi connectivity index (χ2v) is 8.22. The van der Waals surface area contributed by atoms with Crippen LogP contribution in [0.3, 0.4) is 0 Å². The maximum atomic E-state index is 12.2. The fraction of sp³-hybridized carbons (Fsp3) is 0.500. The molecule has 2 aromatic heterocycles. The van der Waals surface area contributed by atoms with Crippen molar-refractivity contribution in [2.75, 3.05) is 5.75 Å². The number of urea groups is 1. The summed E-state index contributed by atoms with van der Waals surface area (Å²) in [7, 11) is 0. The molecule has 0 radical (unpaired) electrons. The van der Waals surface area contributed by atoms with Crippen LogP contribution in [0.1, 0.15) is 38.4 Å². The molecule has 9 heteroatoms. The van der Waals surface area contributed by atoms with Gasteiger partial charge in [0.05, 0.1) is 17.6 Å². The monoisotopic (exact) mass is 417 g/mol. The van der Waals surface area contributed by atoms with Gasteiger partial charge in [-0.3, -0.25) is 14.7 Å². The van der Waals surface area contributed by atoms with Crippen molar-refractivity contribution in [3.63, 3.8) is 0 Å². The van der Waals surface area contributed by atoms with Gasteiger partial charge in [-0.15, -0.1) is 16.8 Å². The van der Waals surface area contributed by atoms with Crippen LogP contribution >= 0.6 is 11.8 Å². The molecule has 1 saturated carbocycles. The number of carbonyl (C=O) groups excluding carboxylic acids is 2. The van der Waals surface area contributed by atoms with Crippen LogP contribution in [0.4, 0.5) is 4.79 Å². The van der Waals surface area contributed by atoms with Crippen LogP contribution in [-0.4, -0.2) is 38.5 Å². The van der Waals surface area contributed by atoms with E-state index in [1.54, 1.807) is 12.3 Å². The van der Waals surface area contributed by atoms with E-state index in [2.05, 4.69) is 34.3 Å². The quantitative estimate of drug-likeness (QED) is 0.528. The van der Waals surface area contributed by atoms with Gasteiger partial charge >= 0.3 is 6.03 Å². The number of carbonyl (C=O) groups is 2. The van der Waals surface area contributed by atoms with E-state index in [0.29, 0.717) is 23.4 Å². The second-order valence-electron chi connectivity index (χ2n) is 7.27. The lowest BCUT2D eigenvalue weighted by atomic mass is 9.86. The summed E-state index contributed by atoms with van der Waals surface area (Å²) in [5.74, 6) is 1.52. The molecule has 29 heavy (non-hydrogen) atoms. The molecule has 8 nitrogen and oxygen atoms in total. The standard InChI is InChI=1S/C20H27N5O3S/c1-4-10-25-18(15-9-11-28-14(15)3)23-24-20(25)29-12-17(26)22-19(27)21-16-8-6-5-7-13(16)2/h4,9,11,13,16H,1,5-8,10,12H2,2-3H3,(H2,21,22,26,27). The minimum Gasteiger partial charge on any atom is -0.469 e. The average Bonchev–Trinajstić information content (AvgIpc) is 3.28. The summed E-state index contributed by atoms with van der Waals surface area (Å²) in [4.78, 5) is 24.4. The maximum Gasteiger partial charge on any atom is 0.321 e. The highest BCUT2D eigenvalue weighted by atomic mass is 32.2. The van der Waals surface area contributed by atoms with Crippen LogP contribution in [0.15, 0.2) is 34.6 Å². The molecule has 0 saturated heterocycles. The lowest BCUT2D eigenvalue weighted by Gasteiger charge is -2.29. The first-order chi connectivity index (χ1) is 14.0. The number of furan rings is 1. The smallest absolute Gasteiger partial charge is 0.321 e. The molecule has 2 aromatic rings. The van der Waals surface area contributed by atoms with Gasteiger partial charge in [0.15, 0.2) is 11.0 Å². The highest BCUT2D eigenvalue weighted by Crippen LogP contribution is 2.27. The molecule has 2 atom stereocenters. The number of rotatable bonds is 7. The number of nitrogens with zero attached hydrogens (tertiary/aromatic N) is 3. The first kappa shape index (κ1) is 21.2. The molecule has 0 bridgehead atoms. The van der Waals surface area contributed by atoms with Crippen molar-refractivity contribution < 1.29 is 14.0 Å². The summed E-state index contributed by atoms with van der Waals surface area (Å²) in [6, 6.07) is 1.52. The topological polar surface area (TPSA) is 102 Å². The SMILES string of the molecule is C=CCn1c(SCC(=O)NC(=O)NC2CCCCC2C)nnc1-c1ccoc1C. The number of hydrogen-bond donors (Lipinski definition) is 2. The fourth-order valence-electron chi connectivity index (χ4n) is 3.53. The average molecular weight is 418 g/mol. The number of hydrogen-bond acceptors (Lipinski definition) is 6. The largest absolute Gasteiger partial charge is 0.469 e. The summed E-state index contributed by atoms with van der Waals surface area (Å²) < 4.78 is 7.22. The van der Waals surface area contributed by atoms with Gasteiger partial charge in [-0.1, -0.05) is 37.6 Å². The van der Waals surface area contributed by atoms with Gasteiger partial charge < -0.3 is 9.73 Å². The summed E-state index contributed by atoms with van der Waals surface area (Å²) in [6.45, 7) is 8.26. The summed E-state index contributed by atoms with van der Waals surface area (Å²) in [6.07, 6.45) is 7.71. The summed E-state index contributed by atoms with van der Waals surface area (Å²) in [5.41, 5.74) is 0.844. The number of aromatic nitrogens is 3. The maximum absolute atomic E-state index is 12.2. The Morgan fingerprint density at radius 3 is 2.86 bits per heavy atom. The van der Waals surface area contributed by atoms with Crippen LogP contribution in [0.2, 0.25) is 0 Å². The Balaban J connectivity index is 1.57. The lowest BCUT2D eigenvalue weighted by molar-refractivity contribution is -0.117. The van der Waals surface area contributed by atoms with Gasteiger partial charge in [0, 0.05) is 12.6 Å². The van der Waals surface area contributed by atoms with Crippen LogP contribution < -0.4 is 10.6 Å². The van der Waals surface area contributed by atoms with Crippen molar-refractivity contribution in [2.45, 2.75) is 57.3 Å². The van der Waals surface area contributed by atoms with Gasteiger partial charge in [0.2, 0.25) is 5.91 Å².